The number of pyridine rings is 1. The number of benzene rings is 2. The van der Waals surface area contributed by atoms with E-state index in [1.54, 1.807) is 31.5 Å². The van der Waals surface area contributed by atoms with E-state index < -0.39 is 9.84 Å². The van der Waals surface area contributed by atoms with E-state index in [-0.39, 0.29) is 11.0 Å². The van der Waals surface area contributed by atoms with Crippen LogP contribution in [0.3, 0.4) is 0 Å². The Morgan fingerprint density at radius 2 is 1.79 bits per heavy atom. The minimum Gasteiger partial charge on any atom is -0.488 e. The summed E-state index contributed by atoms with van der Waals surface area (Å²) >= 11 is 3.41. The lowest BCUT2D eigenvalue weighted by Gasteiger charge is -2.16. The minimum absolute atomic E-state index is 0.180. The molecule has 1 atom stereocenters. The van der Waals surface area contributed by atoms with Gasteiger partial charge in [0.05, 0.1) is 11.5 Å². The smallest absolute Gasteiger partial charge is 0.175 e. The molecule has 2 aromatic heterocycles. The molecule has 0 fully saturated rings. The normalized spacial score (nSPS) is 12.6. The summed E-state index contributed by atoms with van der Waals surface area (Å²) in [7, 11) is -1.67. The fourth-order valence-corrected chi connectivity index (χ4v) is 4.18. The number of hydrogen-bond donors (Lipinski definition) is 1. The standard InChI is InChI=1S/C23H22BrN3O5S/c1-14(13-30-2)31-18-8-15(22-26-21-10-16(24)12-25-23(21)27-22)9-19(11-18)32-17-4-6-20(7-5-17)33(3,28)29/h4-12,14H,13H2,1-3H3,(H,25,26,27)/t14-/m0/s1. The molecule has 4 aromatic rings. The highest BCUT2D eigenvalue weighted by molar-refractivity contribution is 9.10. The first-order valence-corrected chi connectivity index (χ1v) is 12.7. The lowest BCUT2D eigenvalue weighted by molar-refractivity contribution is 0.0920. The van der Waals surface area contributed by atoms with Crippen molar-refractivity contribution in [3.63, 3.8) is 0 Å². The molecule has 0 saturated carbocycles. The van der Waals surface area contributed by atoms with Crippen LogP contribution in [-0.4, -0.2) is 49.4 Å². The van der Waals surface area contributed by atoms with Crippen LogP contribution in [-0.2, 0) is 14.6 Å². The molecule has 0 aliphatic carbocycles. The Morgan fingerprint density at radius 3 is 2.48 bits per heavy atom. The Hall–Kier alpha value is -2.95. The van der Waals surface area contributed by atoms with Crippen LogP contribution >= 0.6 is 15.9 Å². The number of aromatic amines is 1. The molecule has 2 aromatic carbocycles. The van der Waals surface area contributed by atoms with E-state index in [9.17, 15) is 8.42 Å². The Morgan fingerprint density at radius 1 is 1.06 bits per heavy atom. The minimum atomic E-state index is -3.29. The highest BCUT2D eigenvalue weighted by atomic mass is 79.9. The second kappa shape index (κ2) is 9.50. The van der Waals surface area contributed by atoms with Crippen LogP contribution in [0.1, 0.15) is 6.92 Å². The molecule has 0 aliphatic rings. The van der Waals surface area contributed by atoms with Crippen LogP contribution in [0.15, 0.2) is 64.1 Å². The van der Waals surface area contributed by atoms with Gasteiger partial charge in [-0.05, 0) is 65.3 Å². The van der Waals surface area contributed by atoms with Crippen molar-refractivity contribution >= 4 is 36.9 Å². The van der Waals surface area contributed by atoms with Gasteiger partial charge >= 0.3 is 0 Å². The van der Waals surface area contributed by atoms with E-state index in [2.05, 4.69) is 30.9 Å². The van der Waals surface area contributed by atoms with E-state index in [4.69, 9.17) is 14.2 Å². The molecule has 2 heterocycles. The Kier molecular flexibility index (Phi) is 6.68. The van der Waals surface area contributed by atoms with E-state index in [0.29, 0.717) is 35.3 Å². The predicted molar refractivity (Wildman–Crippen MR) is 129 cm³/mol. The summed E-state index contributed by atoms with van der Waals surface area (Å²) in [6.45, 7) is 2.33. The van der Waals surface area contributed by atoms with Crippen LogP contribution in [0.4, 0.5) is 0 Å². The summed E-state index contributed by atoms with van der Waals surface area (Å²) in [5.74, 6) is 2.19. The zero-order valence-electron chi connectivity index (χ0n) is 18.2. The lowest BCUT2D eigenvalue weighted by atomic mass is 10.2. The highest BCUT2D eigenvalue weighted by Crippen LogP contribution is 2.33. The van der Waals surface area contributed by atoms with E-state index in [1.165, 1.54) is 12.1 Å². The molecule has 1 N–H and O–H groups in total. The van der Waals surface area contributed by atoms with Gasteiger partial charge < -0.3 is 19.2 Å². The first-order chi connectivity index (χ1) is 15.7. The summed E-state index contributed by atoms with van der Waals surface area (Å²) < 4.78 is 41.4. The third-order valence-corrected chi connectivity index (χ3v) is 6.25. The molecule has 0 spiro atoms. The van der Waals surface area contributed by atoms with Crippen molar-refractivity contribution in [2.75, 3.05) is 20.0 Å². The fraction of sp³-hybridized carbons (Fsp3) is 0.217. The topological polar surface area (TPSA) is 103 Å². The van der Waals surface area contributed by atoms with Gasteiger partial charge in [0.15, 0.2) is 15.5 Å². The van der Waals surface area contributed by atoms with Gasteiger partial charge in [0.25, 0.3) is 0 Å². The van der Waals surface area contributed by atoms with Gasteiger partial charge in [-0.15, -0.1) is 0 Å². The van der Waals surface area contributed by atoms with Gasteiger partial charge in [-0.2, -0.15) is 0 Å². The number of H-pyrrole nitrogens is 1. The number of fused-ring (bicyclic) bond motifs is 1. The molecule has 0 amide bonds. The van der Waals surface area contributed by atoms with Gasteiger partial charge in [0, 0.05) is 35.7 Å². The van der Waals surface area contributed by atoms with E-state index in [1.807, 2.05) is 25.1 Å². The molecule has 10 heteroatoms. The molecule has 0 aliphatic heterocycles. The Bertz CT molecular complexity index is 1390. The molecular weight excluding hydrogens is 510 g/mol. The highest BCUT2D eigenvalue weighted by Gasteiger charge is 2.14. The van der Waals surface area contributed by atoms with Crippen molar-refractivity contribution in [1.29, 1.82) is 0 Å². The SMILES string of the molecule is COC[C@H](C)Oc1cc(Oc2ccc(S(C)(=O)=O)cc2)cc(-c2nc3cc(Br)cnc3[nH]2)c1. The van der Waals surface area contributed by atoms with Crippen molar-refractivity contribution in [3.8, 4) is 28.6 Å². The van der Waals surface area contributed by atoms with Gasteiger partial charge in [0.2, 0.25) is 0 Å². The lowest BCUT2D eigenvalue weighted by Crippen LogP contribution is -2.17. The summed E-state index contributed by atoms with van der Waals surface area (Å²) in [6, 6.07) is 13.6. The molecule has 0 bridgehead atoms. The number of ether oxygens (including phenoxy) is 3. The average Bonchev–Trinajstić information content (AvgIpc) is 3.17. The van der Waals surface area contributed by atoms with Crippen molar-refractivity contribution in [3.05, 3.63) is 59.2 Å². The van der Waals surface area contributed by atoms with Crippen LogP contribution in [0, 0.1) is 0 Å². The van der Waals surface area contributed by atoms with Crippen LogP contribution in [0.25, 0.3) is 22.6 Å². The number of sulfone groups is 1. The number of aromatic nitrogens is 3. The maximum atomic E-state index is 11.7. The van der Waals surface area contributed by atoms with Crippen LogP contribution in [0.5, 0.6) is 17.2 Å². The number of halogens is 1. The number of imidazole rings is 1. The molecule has 33 heavy (non-hydrogen) atoms. The Labute approximate surface area is 200 Å². The second-order valence-corrected chi connectivity index (χ2v) is 10.5. The number of methoxy groups -OCH3 is 1. The fourth-order valence-electron chi connectivity index (χ4n) is 3.23. The zero-order valence-corrected chi connectivity index (χ0v) is 20.6. The average molecular weight is 532 g/mol. The molecule has 0 unspecified atom stereocenters. The number of nitrogens with one attached hydrogen (secondary N) is 1. The summed E-state index contributed by atoms with van der Waals surface area (Å²) in [4.78, 5) is 12.4. The van der Waals surface area contributed by atoms with Crippen molar-refractivity contribution in [1.82, 2.24) is 15.0 Å². The maximum absolute atomic E-state index is 11.7. The van der Waals surface area contributed by atoms with Gasteiger partial charge in [-0.25, -0.2) is 18.4 Å². The molecule has 8 nitrogen and oxygen atoms in total. The summed E-state index contributed by atoms with van der Waals surface area (Å²) in [5, 5.41) is 0. The molecular formula is C23H22BrN3O5S. The summed E-state index contributed by atoms with van der Waals surface area (Å²) in [5.41, 5.74) is 2.12. The third-order valence-electron chi connectivity index (χ3n) is 4.68. The Balaban J connectivity index is 1.70. The van der Waals surface area contributed by atoms with Gasteiger partial charge in [-0.1, -0.05) is 0 Å². The summed E-state index contributed by atoms with van der Waals surface area (Å²) in [6.07, 6.45) is 2.68. The second-order valence-electron chi connectivity index (χ2n) is 7.53. The number of hydrogen-bond acceptors (Lipinski definition) is 7. The zero-order chi connectivity index (χ0) is 23.6. The van der Waals surface area contributed by atoms with Crippen molar-refractivity contribution in [2.45, 2.75) is 17.9 Å². The first-order valence-electron chi connectivity index (χ1n) is 10.0. The number of rotatable bonds is 8. The largest absolute Gasteiger partial charge is 0.488 e. The van der Waals surface area contributed by atoms with Crippen LogP contribution in [0.2, 0.25) is 0 Å². The first kappa shape index (κ1) is 23.2. The molecule has 0 saturated heterocycles. The van der Waals surface area contributed by atoms with Crippen molar-refractivity contribution in [2.24, 2.45) is 0 Å². The van der Waals surface area contributed by atoms with E-state index >= 15 is 0 Å². The third kappa shape index (κ3) is 5.70. The van der Waals surface area contributed by atoms with Gasteiger partial charge in [-0.3, -0.25) is 0 Å². The predicted octanol–water partition coefficient (Wildman–Crippen LogP) is 5.00. The molecule has 4 rings (SSSR count). The van der Waals surface area contributed by atoms with E-state index in [0.717, 1.165) is 21.8 Å². The number of nitrogens with zero attached hydrogens (tertiary/aromatic N) is 2. The quantitative estimate of drug-likeness (QED) is 0.341. The monoisotopic (exact) mass is 531 g/mol. The van der Waals surface area contributed by atoms with Crippen LogP contribution < -0.4 is 9.47 Å². The molecule has 172 valence electrons. The molecule has 0 radical (unpaired) electrons. The van der Waals surface area contributed by atoms with Gasteiger partial charge in [0.1, 0.15) is 34.7 Å². The maximum Gasteiger partial charge on any atom is 0.175 e. The van der Waals surface area contributed by atoms with Crippen molar-refractivity contribution < 1.29 is 22.6 Å².